The van der Waals surface area contributed by atoms with Crippen LogP contribution in [0.25, 0.3) is 22.3 Å². The molecule has 4 heterocycles. The lowest BCUT2D eigenvalue weighted by Crippen LogP contribution is -2.45. The molecule has 0 unspecified atom stereocenters. The van der Waals surface area contributed by atoms with Crippen LogP contribution < -0.4 is 16.2 Å². The highest BCUT2D eigenvalue weighted by Crippen LogP contribution is 2.24. The number of hydrogen-bond donors (Lipinski definition) is 2. The number of nitrogens with one attached hydrogen (secondary N) is 1. The van der Waals surface area contributed by atoms with E-state index in [0.717, 1.165) is 36.2 Å². The van der Waals surface area contributed by atoms with Crippen LogP contribution in [0.1, 0.15) is 24.0 Å². The monoisotopic (exact) mass is 461 g/mol. The van der Waals surface area contributed by atoms with Crippen LogP contribution in [0, 0.1) is 11.3 Å². The number of H-pyrrole nitrogens is 1. The minimum atomic E-state index is -0.150. The van der Waals surface area contributed by atoms with Crippen molar-refractivity contribution in [2.75, 3.05) is 18.0 Å². The summed E-state index contributed by atoms with van der Waals surface area (Å²) in [5.41, 5.74) is 9.61. The van der Waals surface area contributed by atoms with Gasteiger partial charge in [0.25, 0.3) is 5.56 Å². The summed E-state index contributed by atoms with van der Waals surface area (Å²) in [6, 6.07) is 15.2. The number of fused-ring (bicyclic) bond motifs is 1. The van der Waals surface area contributed by atoms with Gasteiger partial charge in [0.15, 0.2) is 0 Å². The maximum Gasteiger partial charge on any atom is 0.264 e. The summed E-state index contributed by atoms with van der Waals surface area (Å²) in [4.78, 5) is 28.1. The first-order valence-corrected chi connectivity index (χ1v) is 10.7. The van der Waals surface area contributed by atoms with Crippen LogP contribution in [-0.4, -0.2) is 38.7 Å². The molecule has 3 aromatic heterocycles. The average molecular weight is 462 g/mol. The molecule has 5 rings (SSSR count). The van der Waals surface area contributed by atoms with Crippen LogP contribution in [0.5, 0.6) is 0 Å². The lowest BCUT2D eigenvalue weighted by Gasteiger charge is -2.33. The molecule has 1 fully saturated rings. The first-order valence-electron chi connectivity index (χ1n) is 10.7. The zero-order valence-corrected chi connectivity index (χ0v) is 18.8. The molecule has 1 saturated heterocycles. The molecule has 1 aliphatic rings. The van der Waals surface area contributed by atoms with E-state index in [9.17, 15) is 10.1 Å². The summed E-state index contributed by atoms with van der Waals surface area (Å²) in [6.07, 6.45) is 5.35. The van der Waals surface area contributed by atoms with Gasteiger partial charge in [0.05, 0.1) is 23.6 Å². The highest BCUT2D eigenvalue weighted by atomic mass is 35.5. The minimum Gasteiger partial charge on any atom is -0.341 e. The third-order valence-corrected chi connectivity index (χ3v) is 5.91. The molecule has 0 bridgehead atoms. The molecule has 1 atom stereocenters. The molecule has 0 spiro atoms. The molecule has 1 aliphatic heterocycles. The second-order valence-corrected chi connectivity index (χ2v) is 8.11. The predicted molar refractivity (Wildman–Crippen MR) is 131 cm³/mol. The highest BCUT2D eigenvalue weighted by Gasteiger charge is 2.24. The van der Waals surface area contributed by atoms with Gasteiger partial charge < -0.3 is 15.6 Å². The fraction of sp³-hybridized carbons (Fsp3) is 0.250. The fourth-order valence-corrected chi connectivity index (χ4v) is 4.28. The summed E-state index contributed by atoms with van der Waals surface area (Å²) in [6.45, 7) is 1.68. The van der Waals surface area contributed by atoms with E-state index in [-0.39, 0.29) is 30.6 Å². The SMILES string of the molecule is Cl.N#Cc1ccccc1Cn1c(N2CCC[C@@H](N)C2)nc2[nH]c(-c3cccnc3)cc2c1=O. The number of benzene rings is 1. The number of pyridine rings is 1. The zero-order valence-electron chi connectivity index (χ0n) is 17.9. The molecule has 0 amide bonds. The van der Waals surface area contributed by atoms with Gasteiger partial charge in [0.2, 0.25) is 5.95 Å². The Labute approximate surface area is 197 Å². The van der Waals surface area contributed by atoms with E-state index in [4.69, 9.17) is 10.7 Å². The molecule has 1 aromatic carbocycles. The van der Waals surface area contributed by atoms with Crippen molar-refractivity contribution < 1.29 is 0 Å². The number of halogens is 1. The summed E-state index contributed by atoms with van der Waals surface area (Å²) in [5.74, 6) is 0.574. The number of nitriles is 1. The summed E-state index contributed by atoms with van der Waals surface area (Å²) in [5, 5.41) is 10.0. The summed E-state index contributed by atoms with van der Waals surface area (Å²) >= 11 is 0. The van der Waals surface area contributed by atoms with Crippen LogP contribution in [0.4, 0.5) is 5.95 Å². The van der Waals surface area contributed by atoms with Gasteiger partial charge in [0, 0.05) is 42.8 Å². The van der Waals surface area contributed by atoms with Crippen molar-refractivity contribution in [3.05, 3.63) is 76.3 Å². The van der Waals surface area contributed by atoms with Crippen LogP contribution in [0.2, 0.25) is 0 Å². The lowest BCUT2D eigenvalue weighted by molar-refractivity contribution is 0.491. The largest absolute Gasteiger partial charge is 0.341 e. The van der Waals surface area contributed by atoms with Gasteiger partial charge in [-0.15, -0.1) is 12.4 Å². The van der Waals surface area contributed by atoms with Crippen molar-refractivity contribution in [1.29, 1.82) is 5.26 Å². The Morgan fingerprint density at radius 2 is 2.09 bits per heavy atom. The molecule has 0 radical (unpaired) electrons. The Balaban J connectivity index is 0.00000259. The Morgan fingerprint density at radius 1 is 1.24 bits per heavy atom. The summed E-state index contributed by atoms with van der Waals surface area (Å²) < 4.78 is 1.66. The van der Waals surface area contributed by atoms with Crippen LogP contribution in [0.3, 0.4) is 0 Å². The van der Waals surface area contributed by atoms with Gasteiger partial charge in [-0.25, -0.2) is 0 Å². The number of aromatic amines is 1. The third kappa shape index (κ3) is 4.33. The van der Waals surface area contributed by atoms with Gasteiger partial charge in [-0.05, 0) is 42.7 Å². The van der Waals surface area contributed by atoms with E-state index in [2.05, 4.69) is 20.9 Å². The van der Waals surface area contributed by atoms with E-state index in [1.165, 1.54) is 0 Å². The smallest absolute Gasteiger partial charge is 0.264 e. The first-order chi connectivity index (χ1) is 15.6. The van der Waals surface area contributed by atoms with E-state index < -0.39 is 0 Å². The Hall–Kier alpha value is -3.67. The minimum absolute atomic E-state index is 0. The van der Waals surface area contributed by atoms with Crippen molar-refractivity contribution >= 4 is 29.4 Å². The second kappa shape index (κ2) is 9.45. The quantitative estimate of drug-likeness (QED) is 0.482. The average Bonchev–Trinajstić information content (AvgIpc) is 3.26. The van der Waals surface area contributed by atoms with E-state index in [1.54, 1.807) is 23.0 Å². The Morgan fingerprint density at radius 3 is 2.85 bits per heavy atom. The number of hydrogen-bond acceptors (Lipinski definition) is 6. The van der Waals surface area contributed by atoms with Gasteiger partial charge in [-0.2, -0.15) is 10.2 Å². The number of nitrogens with two attached hydrogens (primary N) is 1. The highest BCUT2D eigenvalue weighted by molar-refractivity contribution is 5.85. The molecular formula is C24H24ClN7O. The predicted octanol–water partition coefficient (Wildman–Crippen LogP) is 3.06. The molecule has 8 nitrogen and oxygen atoms in total. The van der Waals surface area contributed by atoms with E-state index in [1.807, 2.05) is 36.4 Å². The third-order valence-electron chi connectivity index (χ3n) is 5.91. The van der Waals surface area contributed by atoms with Crippen LogP contribution in [0.15, 0.2) is 59.7 Å². The molecule has 33 heavy (non-hydrogen) atoms. The van der Waals surface area contributed by atoms with Gasteiger partial charge in [-0.1, -0.05) is 18.2 Å². The molecule has 9 heteroatoms. The van der Waals surface area contributed by atoms with Crippen LogP contribution >= 0.6 is 12.4 Å². The maximum absolute atomic E-state index is 13.7. The van der Waals surface area contributed by atoms with Crippen molar-refractivity contribution in [3.63, 3.8) is 0 Å². The number of nitrogens with zero attached hydrogens (tertiary/aromatic N) is 5. The zero-order chi connectivity index (χ0) is 22.1. The van der Waals surface area contributed by atoms with Crippen molar-refractivity contribution in [3.8, 4) is 17.3 Å². The van der Waals surface area contributed by atoms with Gasteiger partial charge in [-0.3, -0.25) is 14.3 Å². The van der Waals surface area contributed by atoms with E-state index in [0.29, 0.717) is 29.1 Å². The molecule has 3 N–H and O–H groups in total. The van der Waals surface area contributed by atoms with Crippen molar-refractivity contribution in [2.45, 2.75) is 25.4 Å². The molecule has 4 aromatic rings. The maximum atomic E-state index is 13.7. The van der Waals surface area contributed by atoms with Crippen molar-refractivity contribution in [2.24, 2.45) is 5.73 Å². The van der Waals surface area contributed by atoms with Gasteiger partial charge >= 0.3 is 0 Å². The number of rotatable bonds is 4. The fourth-order valence-electron chi connectivity index (χ4n) is 4.28. The Kier molecular flexibility index (Phi) is 6.45. The lowest BCUT2D eigenvalue weighted by atomic mass is 10.1. The Bertz CT molecular complexity index is 1370. The molecule has 0 aliphatic carbocycles. The molecule has 168 valence electrons. The summed E-state index contributed by atoms with van der Waals surface area (Å²) in [7, 11) is 0. The number of anilines is 1. The molecule has 0 saturated carbocycles. The number of aromatic nitrogens is 4. The van der Waals surface area contributed by atoms with E-state index >= 15 is 0 Å². The van der Waals surface area contributed by atoms with Crippen molar-refractivity contribution in [1.82, 2.24) is 19.5 Å². The first kappa shape index (κ1) is 22.5. The van der Waals surface area contributed by atoms with Gasteiger partial charge in [0.1, 0.15) is 5.65 Å². The standard InChI is InChI=1S/C24H23N7O.ClH/c25-12-16-5-1-2-6-18(16)14-31-23(32)20-11-21(17-7-3-9-27-13-17)28-22(20)29-24(31)30-10-4-8-19(26)15-30;/h1-3,5-7,9,11,13,19,28H,4,8,10,14-15,26H2;1H/t19-;/m1./s1. The second-order valence-electron chi connectivity index (χ2n) is 8.11. The normalized spacial score (nSPS) is 15.8. The number of piperidine rings is 1. The molecular weight excluding hydrogens is 438 g/mol. The van der Waals surface area contributed by atoms with Crippen LogP contribution in [-0.2, 0) is 6.54 Å². The topological polar surface area (TPSA) is 117 Å².